The molecule has 342 valence electrons. The molecule has 12 N–H and O–H groups in total. The van der Waals surface area contributed by atoms with E-state index >= 15 is 0 Å². The number of rotatable bonds is 21. The van der Waals surface area contributed by atoms with Gasteiger partial charge in [-0.05, 0) is 70.4 Å². The summed E-state index contributed by atoms with van der Waals surface area (Å²) in [4.78, 5) is 118. The maximum absolute atomic E-state index is 13.4. The van der Waals surface area contributed by atoms with Crippen LogP contribution in [-0.4, -0.2) is 148 Å². The molecule has 3 aliphatic rings. The minimum Gasteiger partial charge on any atom is -0.481 e. The molecule has 3 heterocycles. The molecule has 0 spiro atoms. The third-order valence-corrected chi connectivity index (χ3v) is 11.4. The number of aliphatic carboxylic acids is 1. The second kappa shape index (κ2) is 23.0. The minimum absolute atomic E-state index is 0.0869. The van der Waals surface area contributed by atoms with Gasteiger partial charge >= 0.3 is 5.97 Å². The lowest BCUT2D eigenvalue weighted by atomic mass is 9.99. The van der Waals surface area contributed by atoms with Crippen molar-refractivity contribution in [2.45, 2.75) is 140 Å². The average molecular weight is 871 g/mol. The fourth-order valence-corrected chi connectivity index (χ4v) is 7.96. The van der Waals surface area contributed by atoms with Crippen molar-refractivity contribution in [2.24, 2.45) is 11.7 Å². The van der Waals surface area contributed by atoms with Crippen LogP contribution in [0.2, 0.25) is 0 Å². The second-order valence-electron chi connectivity index (χ2n) is 16.7. The van der Waals surface area contributed by atoms with Crippen LogP contribution in [0.3, 0.4) is 0 Å². The molecule has 62 heavy (non-hydrogen) atoms. The van der Waals surface area contributed by atoms with Gasteiger partial charge in [0.25, 0.3) is 0 Å². The van der Waals surface area contributed by atoms with Crippen LogP contribution in [0, 0.1) is 5.92 Å². The quantitative estimate of drug-likeness (QED) is 0.0576. The van der Waals surface area contributed by atoms with Crippen molar-refractivity contribution in [2.75, 3.05) is 19.6 Å². The highest BCUT2D eigenvalue weighted by atomic mass is 16.4. The first-order chi connectivity index (χ1) is 29.3. The number of nitrogens with zero attached hydrogens (tertiary/aromatic N) is 1. The van der Waals surface area contributed by atoms with Crippen molar-refractivity contribution in [1.29, 1.82) is 0 Å². The van der Waals surface area contributed by atoms with Gasteiger partial charge in [-0.1, -0.05) is 44.2 Å². The van der Waals surface area contributed by atoms with Gasteiger partial charge in [-0.2, -0.15) is 0 Å². The van der Waals surface area contributed by atoms with E-state index in [1.165, 1.54) is 13.8 Å². The number of nitrogens with two attached hydrogens (primary N) is 1. The summed E-state index contributed by atoms with van der Waals surface area (Å²) in [6.45, 7) is 6.47. The fourth-order valence-electron chi connectivity index (χ4n) is 7.96. The molecule has 3 saturated heterocycles. The molecule has 0 bridgehead atoms. The first-order valence-corrected chi connectivity index (χ1v) is 21.2. The first kappa shape index (κ1) is 49.0. The van der Waals surface area contributed by atoms with E-state index in [4.69, 9.17) is 5.73 Å². The Hall–Kier alpha value is -5.67. The highest BCUT2D eigenvalue weighted by Crippen LogP contribution is 2.32. The van der Waals surface area contributed by atoms with Crippen LogP contribution in [0.1, 0.15) is 78.2 Å². The summed E-state index contributed by atoms with van der Waals surface area (Å²) in [5.74, 6) is -7.47. The Labute approximate surface area is 360 Å². The van der Waals surface area contributed by atoms with E-state index in [0.29, 0.717) is 38.8 Å². The molecule has 10 atom stereocenters. The Morgan fingerprint density at radius 3 is 2.06 bits per heavy atom. The maximum Gasteiger partial charge on any atom is 0.305 e. The Balaban J connectivity index is 1.27. The van der Waals surface area contributed by atoms with Crippen molar-refractivity contribution in [3.8, 4) is 0 Å². The van der Waals surface area contributed by atoms with Gasteiger partial charge in [-0.15, -0.1) is 0 Å². The highest BCUT2D eigenvalue weighted by molar-refractivity contribution is 5.97. The van der Waals surface area contributed by atoms with Gasteiger partial charge in [-0.25, -0.2) is 0 Å². The summed E-state index contributed by atoms with van der Waals surface area (Å²) in [5.41, 5.74) is 6.35. The number of amides is 8. The van der Waals surface area contributed by atoms with Crippen LogP contribution in [0.25, 0.3) is 0 Å². The normalized spacial score (nSPS) is 22.6. The monoisotopic (exact) mass is 870 g/mol. The lowest BCUT2D eigenvalue weighted by molar-refractivity contribution is -0.142. The van der Waals surface area contributed by atoms with Crippen molar-refractivity contribution >= 4 is 53.2 Å². The van der Waals surface area contributed by atoms with Crippen LogP contribution in [-0.2, 0) is 49.6 Å². The molecule has 8 amide bonds. The van der Waals surface area contributed by atoms with Crippen LogP contribution in [0.15, 0.2) is 30.3 Å². The summed E-state index contributed by atoms with van der Waals surface area (Å²) >= 11 is 0. The van der Waals surface area contributed by atoms with Crippen LogP contribution < -0.4 is 48.3 Å². The van der Waals surface area contributed by atoms with E-state index in [0.717, 1.165) is 18.4 Å². The number of aliphatic hydroxyl groups is 1. The van der Waals surface area contributed by atoms with E-state index < -0.39 is 115 Å². The topological polar surface area (TPSA) is 320 Å². The predicted molar refractivity (Wildman–Crippen MR) is 222 cm³/mol. The van der Waals surface area contributed by atoms with E-state index in [2.05, 4.69) is 42.5 Å². The van der Waals surface area contributed by atoms with E-state index in [1.807, 2.05) is 35.2 Å². The first-order valence-electron chi connectivity index (χ1n) is 21.2. The summed E-state index contributed by atoms with van der Waals surface area (Å²) < 4.78 is 0. The largest absolute Gasteiger partial charge is 0.481 e. The molecule has 1 aromatic carbocycles. The molecule has 3 fully saturated rings. The smallest absolute Gasteiger partial charge is 0.305 e. The third kappa shape index (κ3) is 14.2. The fraction of sp³-hybridized carbons (Fsp3) is 0.634. The number of primary amides is 1. The summed E-state index contributed by atoms with van der Waals surface area (Å²) in [6.07, 6.45) is 1.76. The molecular weight excluding hydrogens is 809 g/mol. The molecule has 1 aromatic rings. The number of fused-ring (bicyclic) bond motifs is 1. The molecule has 0 aliphatic carbocycles. The minimum atomic E-state index is -1.69. The summed E-state index contributed by atoms with van der Waals surface area (Å²) in [6, 6.07) is 1.25. The van der Waals surface area contributed by atoms with Crippen LogP contribution in [0.4, 0.5) is 0 Å². The van der Waals surface area contributed by atoms with Crippen molar-refractivity contribution < 1.29 is 53.4 Å². The number of carboxylic acids is 1. The Kier molecular flexibility index (Phi) is 18.1. The van der Waals surface area contributed by atoms with Gasteiger partial charge < -0.3 is 58.5 Å². The van der Waals surface area contributed by atoms with E-state index in [-0.39, 0.29) is 24.4 Å². The lowest BCUT2D eigenvalue weighted by Crippen LogP contribution is -2.61. The average Bonchev–Trinajstić information content (AvgIpc) is 3.91. The zero-order chi connectivity index (χ0) is 45.7. The van der Waals surface area contributed by atoms with Gasteiger partial charge in [0.1, 0.15) is 30.2 Å². The molecule has 0 saturated carbocycles. The number of carboxylic acid groups (broad SMARTS) is 1. The number of aliphatic hydroxyl groups excluding tert-OH is 1. The lowest BCUT2D eigenvalue weighted by Gasteiger charge is -2.38. The molecular formula is C41H62N10O11. The van der Waals surface area contributed by atoms with E-state index in [1.54, 1.807) is 13.8 Å². The number of benzene rings is 1. The molecule has 0 aromatic heterocycles. The molecule has 21 nitrogen and oxygen atoms in total. The number of hydrogen-bond acceptors (Lipinski definition) is 12. The maximum atomic E-state index is 13.4. The van der Waals surface area contributed by atoms with Crippen molar-refractivity contribution in [1.82, 2.24) is 47.4 Å². The van der Waals surface area contributed by atoms with Crippen molar-refractivity contribution in [3.63, 3.8) is 0 Å². The molecule has 21 heteroatoms. The zero-order valence-electron chi connectivity index (χ0n) is 35.6. The number of carbonyl (C=O) groups is 9. The van der Waals surface area contributed by atoms with E-state index in [9.17, 15) is 53.4 Å². The SMILES string of the molecule is CC(C)[C@H](NC(=O)[C@H](CC(=O)O)NC(=O)[C@@H](NC(=O)[C@@H]1CCCN1)[C@@H](C)O)C(=O)NCC(=O)N[C@H]1CC[C@H]2CC[C@@H](C(=O)N[C@@H](C)C(=O)N[C@@H](Cc3ccccc3)C(N)=O)N2C1. The summed E-state index contributed by atoms with van der Waals surface area (Å²) in [5, 5.41) is 40.7. The van der Waals surface area contributed by atoms with Gasteiger partial charge in [0.2, 0.25) is 47.3 Å². The highest BCUT2D eigenvalue weighted by Gasteiger charge is 2.42. The van der Waals surface area contributed by atoms with Crippen LogP contribution >= 0.6 is 0 Å². The summed E-state index contributed by atoms with van der Waals surface area (Å²) in [7, 11) is 0. The number of piperidine rings is 1. The van der Waals surface area contributed by atoms with Crippen molar-refractivity contribution in [3.05, 3.63) is 35.9 Å². The molecule has 0 radical (unpaired) electrons. The zero-order valence-corrected chi connectivity index (χ0v) is 35.6. The molecule has 0 unspecified atom stereocenters. The van der Waals surface area contributed by atoms with Gasteiger partial charge in [-0.3, -0.25) is 48.1 Å². The second-order valence-corrected chi connectivity index (χ2v) is 16.7. The Morgan fingerprint density at radius 2 is 1.45 bits per heavy atom. The number of hydrogen-bond donors (Lipinski definition) is 11. The van der Waals surface area contributed by atoms with Gasteiger partial charge in [0, 0.05) is 25.0 Å². The van der Waals surface area contributed by atoms with Gasteiger partial charge in [0.15, 0.2) is 0 Å². The Bertz CT molecular complexity index is 1790. The van der Waals surface area contributed by atoms with Gasteiger partial charge in [0.05, 0.1) is 31.2 Å². The molecule has 3 aliphatic heterocycles. The Morgan fingerprint density at radius 1 is 0.774 bits per heavy atom. The number of nitrogens with one attached hydrogen (secondary N) is 8. The molecule has 4 rings (SSSR count). The predicted octanol–water partition coefficient (Wildman–Crippen LogP) is -3.35. The third-order valence-electron chi connectivity index (χ3n) is 11.4. The standard InChI is InChI=1S/C41H62N10O11/c1-21(2)33(49-38(59)29(18-32(54)55)48-41(62)34(23(4)52)50-37(58)27-11-8-16-43-27)40(61)44-19-31(53)46-25-12-13-26-14-15-30(51(26)20-25)39(60)45-22(3)36(57)47-28(35(42)56)17-24-9-6-5-7-10-24/h5-7,9-10,21-23,25-30,33-34,43,52H,8,11-20H2,1-4H3,(H2,42,56)(H,44,61)(H,45,60)(H,46,53)(H,47,57)(H,48,62)(H,49,59)(H,50,58)(H,54,55)/t22-,23+,25-,26-,27-,28-,29-,30-,33-,34-/m0/s1. The van der Waals surface area contributed by atoms with Crippen LogP contribution in [0.5, 0.6) is 0 Å². The number of carbonyl (C=O) groups excluding carboxylic acids is 8.